The molecule has 0 unspecified atom stereocenters. The van der Waals surface area contributed by atoms with E-state index in [0.717, 1.165) is 10.8 Å². The number of hydrogen-bond donors (Lipinski definition) is 0. The number of pyridine rings is 1. The minimum Gasteiger partial charge on any atom is -0.481 e. The van der Waals surface area contributed by atoms with Gasteiger partial charge >= 0.3 is 0 Å². The largest absolute Gasteiger partial charge is 0.481 e. The number of aromatic nitrogens is 1. The number of methoxy groups -OCH3 is 1. The normalized spacial score (nSPS) is 10.3. The highest BCUT2D eigenvalue weighted by Gasteiger charge is 2.09. The number of carbonyl (C=O) groups excluding carboxylic acids is 1. The Morgan fingerprint density at radius 1 is 1.27 bits per heavy atom. The molecule has 0 N–H and O–H groups in total. The Kier molecular flexibility index (Phi) is 2.37. The van der Waals surface area contributed by atoms with E-state index in [1.807, 2.05) is 24.3 Å². The first-order valence-electron chi connectivity index (χ1n) is 4.66. The van der Waals surface area contributed by atoms with Crippen LogP contribution in [-0.4, -0.2) is 17.9 Å². The van der Waals surface area contributed by atoms with E-state index in [4.69, 9.17) is 4.74 Å². The lowest BCUT2D eigenvalue weighted by atomic mass is 10.1. The lowest BCUT2D eigenvalue weighted by Crippen LogP contribution is -1.97. The molecule has 0 amide bonds. The van der Waals surface area contributed by atoms with Crippen LogP contribution in [0.25, 0.3) is 10.8 Å². The second-order valence-electron chi connectivity index (χ2n) is 3.28. The Morgan fingerprint density at radius 3 is 2.53 bits per heavy atom. The van der Waals surface area contributed by atoms with Gasteiger partial charge in [-0.1, -0.05) is 18.2 Å². The first-order valence-corrected chi connectivity index (χ1v) is 4.66. The zero-order valence-corrected chi connectivity index (χ0v) is 8.65. The standard InChI is InChI=1S/C12H11NO2/c1-8(14)11-7-13-12(15-2)10-6-4-3-5-9(10)11/h3-7H,1-2H3. The van der Waals surface area contributed by atoms with Gasteiger partial charge in [0.1, 0.15) is 0 Å². The smallest absolute Gasteiger partial charge is 0.221 e. The van der Waals surface area contributed by atoms with Gasteiger partial charge in [-0.3, -0.25) is 4.79 Å². The number of fused-ring (bicyclic) bond motifs is 1. The number of ether oxygens (including phenoxy) is 1. The summed E-state index contributed by atoms with van der Waals surface area (Å²) in [5, 5.41) is 1.75. The lowest BCUT2D eigenvalue weighted by Gasteiger charge is -2.06. The summed E-state index contributed by atoms with van der Waals surface area (Å²) >= 11 is 0. The Bertz CT molecular complexity index is 520. The molecule has 0 saturated carbocycles. The van der Waals surface area contributed by atoms with Crippen molar-refractivity contribution < 1.29 is 9.53 Å². The summed E-state index contributed by atoms with van der Waals surface area (Å²) in [4.78, 5) is 15.5. The van der Waals surface area contributed by atoms with Crippen LogP contribution >= 0.6 is 0 Å². The van der Waals surface area contributed by atoms with Gasteiger partial charge in [0, 0.05) is 17.1 Å². The fourth-order valence-corrected chi connectivity index (χ4v) is 1.61. The van der Waals surface area contributed by atoms with Crippen molar-refractivity contribution in [2.24, 2.45) is 0 Å². The maximum absolute atomic E-state index is 11.4. The van der Waals surface area contributed by atoms with Gasteiger partial charge in [0.15, 0.2) is 5.78 Å². The molecular weight excluding hydrogens is 190 g/mol. The molecule has 2 rings (SSSR count). The molecule has 0 aliphatic carbocycles. The molecule has 0 saturated heterocycles. The summed E-state index contributed by atoms with van der Waals surface area (Å²) < 4.78 is 5.14. The Balaban J connectivity index is 2.83. The number of Topliss-reactive ketones (excluding diaryl/α,β-unsaturated/α-hetero) is 1. The molecule has 0 aliphatic rings. The van der Waals surface area contributed by atoms with Crippen LogP contribution < -0.4 is 4.74 Å². The van der Waals surface area contributed by atoms with Crippen LogP contribution in [0.5, 0.6) is 5.88 Å². The number of carbonyl (C=O) groups is 1. The SMILES string of the molecule is COc1ncc(C(C)=O)c2ccccc12. The highest BCUT2D eigenvalue weighted by Crippen LogP contribution is 2.25. The third-order valence-corrected chi connectivity index (χ3v) is 2.33. The molecular formula is C12H11NO2. The molecule has 3 nitrogen and oxygen atoms in total. The zero-order valence-electron chi connectivity index (χ0n) is 8.65. The van der Waals surface area contributed by atoms with E-state index in [2.05, 4.69) is 4.98 Å². The van der Waals surface area contributed by atoms with Crippen molar-refractivity contribution in [3.05, 3.63) is 36.0 Å². The minimum atomic E-state index is 0.0151. The monoisotopic (exact) mass is 201 g/mol. The molecule has 0 spiro atoms. The molecule has 0 bridgehead atoms. The van der Waals surface area contributed by atoms with Crippen LogP contribution in [0.1, 0.15) is 17.3 Å². The van der Waals surface area contributed by atoms with Crippen molar-refractivity contribution in [2.45, 2.75) is 6.92 Å². The molecule has 3 heteroatoms. The molecule has 2 aromatic rings. The summed E-state index contributed by atoms with van der Waals surface area (Å²) in [6.07, 6.45) is 1.56. The number of ketones is 1. The fraction of sp³-hybridized carbons (Fsp3) is 0.167. The second-order valence-corrected chi connectivity index (χ2v) is 3.28. The van der Waals surface area contributed by atoms with Crippen molar-refractivity contribution in [1.82, 2.24) is 4.98 Å². The zero-order chi connectivity index (χ0) is 10.8. The topological polar surface area (TPSA) is 39.2 Å². The summed E-state index contributed by atoms with van der Waals surface area (Å²) in [6.45, 7) is 1.54. The minimum absolute atomic E-state index is 0.0151. The van der Waals surface area contributed by atoms with E-state index in [0.29, 0.717) is 11.4 Å². The fourth-order valence-electron chi connectivity index (χ4n) is 1.61. The van der Waals surface area contributed by atoms with Gasteiger partial charge in [0.05, 0.1) is 7.11 Å². The van der Waals surface area contributed by atoms with Gasteiger partial charge in [0.2, 0.25) is 5.88 Å². The van der Waals surface area contributed by atoms with E-state index >= 15 is 0 Å². The van der Waals surface area contributed by atoms with E-state index in [1.54, 1.807) is 13.3 Å². The first-order chi connectivity index (χ1) is 7.24. The summed E-state index contributed by atoms with van der Waals surface area (Å²) in [5.41, 5.74) is 0.631. The maximum atomic E-state index is 11.4. The van der Waals surface area contributed by atoms with E-state index < -0.39 is 0 Å². The molecule has 0 atom stereocenters. The van der Waals surface area contributed by atoms with Gasteiger partial charge in [-0.15, -0.1) is 0 Å². The molecule has 15 heavy (non-hydrogen) atoms. The van der Waals surface area contributed by atoms with Crippen molar-refractivity contribution >= 4 is 16.6 Å². The first kappa shape index (κ1) is 9.65. The van der Waals surface area contributed by atoms with Gasteiger partial charge in [-0.05, 0) is 18.4 Å². The van der Waals surface area contributed by atoms with Crippen LogP contribution in [0.2, 0.25) is 0 Å². The highest BCUT2D eigenvalue weighted by atomic mass is 16.5. The van der Waals surface area contributed by atoms with Crippen LogP contribution in [0.4, 0.5) is 0 Å². The van der Waals surface area contributed by atoms with Crippen LogP contribution in [0, 0.1) is 0 Å². The molecule has 1 aromatic carbocycles. The van der Waals surface area contributed by atoms with Gasteiger partial charge in [-0.25, -0.2) is 4.98 Å². The summed E-state index contributed by atoms with van der Waals surface area (Å²) in [5.74, 6) is 0.567. The molecule has 76 valence electrons. The summed E-state index contributed by atoms with van der Waals surface area (Å²) in [7, 11) is 1.57. The quantitative estimate of drug-likeness (QED) is 0.700. The maximum Gasteiger partial charge on any atom is 0.221 e. The lowest BCUT2D eigenvalue weighted by molar-refractivity contribution is 0.101. The van der Waals surface area contributed by atoms with Crippen molar-refractivity contribution in [3.63, 3.8) is 0 Å². The van der Waals surface area contributed by atoms with Crippen molar-refractivity contribution in [2.75, 3.05) is 7.11 Å². The van der Waals surface area contributed by atoms with E-state index in [-0.39, 0.29) is 5.78 Å². The van der Waals surface area contributed by atoms with Gasteiger partial charge in [-0.2, -0.15) is 0 Å². The van der Waals surface area contributed by atoms with Gasteiger partial charge in [0.25, 0.3) is 0 Å². The van der Waals surface area contributed by atoms with E-state index in [9.17, 15) is 4.79 Å². The molecule has 0 radical (unpaired) electrons. The third-order valence-electron chi connectivity index (χ3n) is 2.33. The number of benzene rings is 1. The Labute approximate surface area is 87.7 Å². The molecule has 0 aliphatic heterocycles. The van der Waals surface area contributed by atoms with Crippen molar-refractivity contribution in [1.29, 1.82) is 0 Å². The molecule has 0 fully saturated rings. The number of rotatable bonds is 2. The van der Waals surface area contributed by atoms with Gasteiger partial charge < -0.3 is 4.74 Å². The van der Waals surface area contributed by atoms with Crippen molar-refractivity contribution in [3.8, 4) is 5.88 Å². The molecule has 1 aromatic heterocycles. The highest BCUT2D eigenvalue weighted by molar-refractivity contribution is 6.07. The predicted octanol–water partition coefficient (Wildman–Crippen LogP) is 2.45. The second kappa shape index (κ2) is 3.69. The predicted molar refractivity (Wildman–Crippen MR) is 58.3 cm³/mol. The third kappa shape index (κ3) is 1.56. The summed E-state index contributed by atoms with van der Waals surface area (Å²) in [6, 6.07) is 7.59. The number of hydrogen-bond acceptors (Lipinski definition) is 3. The van der Waals surface area contributed by atoms with Crippen LogP contribution in [0.15, 0.2) is 30.5 Å². The average molecular weight is 201 g/mol. The Hall–Kier alpha value is -1.90. The Morgan fingerprint density at radius 2 is 1.93 bits per heavy atom. The average Bonchev–Trinajstić information content (AvgIpc) is 2.27. The van der Waals surface area contributed by atoms with Crippen LogP contribution in [-0.2, 0) is 0 Å². The molecule has 1 heterocycles. The van der Waals surface area contributed by atoms with E-state index in [1.165, 1.54) is 6.92 Å². The number of nitrogens with zero attached hydrogens (tertiary/aromatic N) is 1. The van der Waals surface area contributed by atoms with Crippen LogP contribution in [0.3, 0.4) is 0 Å².